The third-order valence-corrected chi connectivity index (χ3v) is 0.556. The molecule has 1 rings (SSSR count). The standard InChI is InChI=1S/C5H5/c1-2-4-5-3-1/h1-5H/p+1. The van der Waals surface area contributed by atoms with Crippen LogP contribution >= 0.6 is 0 Å². The van der Waals surface area contributed by atoms with Gasteiger partial charge in [-0.3, -0.25) is 0 Å². The zero-order valence-electron chi connectivity index (χ0n) is 3.89. The van der Waals surface area contributed by atoms with Gasteiger partial charge in [0.2, 0.25) is 0 Å². The summed E-state index contributed by atoms with van der Waals surface area (Å²) in [5, 5.41) is 0. The van der Waals surface area contributed by atoms with Crippen molar-refractivity contribution < 1.29 is 1.43 Å². The minimum atomic E-state index is 0. The topological polar surface area (TPSA) is 0 Å². The Kier molecular flexibility index (Phi) is 0.577. The fraction of sp³-hybridized carbons (Fsp3) is 0. The Labute approximate surface area is 33.3 Å². The lowest BCUT2D eigenvalue weighted by Gasteiger charge is -1.56. The van der Waals surface area contributed by atoms with E-state index in [4.69, 9.17) is 0 Å². The Morgan fingerprint density at radius 3 is 1.60 bits per heavy atom. The predicted octanol–water partition coefficient (Wildman–Crippen LogP) is 1.43. The minimum absolute atomic E-state index is 0. The molecular formula is C5H6+. The highest BCUT2D eigenvalue weighted by Gasteiger charge is 1.72. The SMILES string of the molecule is [CH]1C=CC=C1.[H+]. The molecule has 0 heteroatoms. The van der Waals surface area contributed by atoms with Gasteiger partial charge in [0.25, 0.3) is 0 Å². The van der Waals surface area contributed by atoms with Gasteiger partial charge in [0.15, 0.2) is 0 Å². The van der Waals surface area contributed by atoms with Crippen LogP contribution in [0.15, 0.2) is 24.3 Å². The highest BCUT2D eigenvalue weighted by molar-refractivity contribution is 5.23. The van der Waals surface area contributed by atoms with E-state index in [1.54, 1.807) is 0 Å². The van der Waals surface area contributed by atoms with Gasteiger partial charge in [-0.05, 0) is 0 Å². The molecule has 0 aromatic carbocycles. The first-order chi connectivity index (χ1) is 2.50. The molecule has 0 aromatic rings. The van der Waals surface area contributed by atoms with Crippen molar-refractivity contribution >= 4 is 0 Å². The van der Waals surface area contributed by atoms with Crippen molar-refractivity contribution in [2.24, 2.45) is 0 Å². The molecule has 0 aliphatic heterocycles. The van der Waals surface area contributed by atoms with E-state index in [2.05, 4.69) is 0 Å². The zero-order valence-corrected chi connectivity index (χ0v) is 2.89. The second-order valence-corrected chi connectivity index (χ2v) is 0.962. The molecule has 0 N–H and O–H groups in total. The molecule has 1 aliphatic carbocycles. The van der Waals surface area contributed by atoms with Gasteiger partial charge < -0.3 is 0 Å². The lowest BCUT2D eigenvalue weighted by molar-refractivity contribution is 1.87. The lowest BCUT2D eigenvalue weighted by atomic mass is 10.5. The van der Waals surface area contributed by atoms with Crippen LogP contribution in [0.5, 0.6) is 0 Å². The van der Waals surface area contributed by atoms with E-state index in [1.807, 2.05) is 30.7 Å². The molecule has 0 aromatic heterocycles. The summed E-state index contributed by atoms with van der Waals surface area (Å²) >= 11 is 0. The first-order valence-corrected chi connectivity index (χ1v) is 1.67. The quantitative estimate of drug-likeness (QED) is 0.401. The maximum absolute atomic E-state index is 2.00. The average molecular weight is 66.1 g/mol. The maximum atomic E-state index is 2.00. The molecule has 1 radical (unpaired) electrons. The Hall–Kier alpha value is -0.520. The Balaban J connectivity index is 0.000000250. The van der Waals surface area contributed by atoms with Crippen LogP contribution in [0.3, 0.4) is 0 Å². The summed E-state index contributed by atoms with van der Waals surface area (Å²) < 4.78 is 0. The normalized spacial score (nSPS) is 17.6. The summed E-state index contributed by atoms with van der Waals surface area (Å²) in [6, 6.07) is 0. The van der Waals surface area contributed by atoms with Crippen LogP contribution in [0.1, 0.15) is 1.43 Å². The van der Waals surface area contributed by atoms with Crippen molar-refractivity contribution in [1.29, 1.82) is 0 Å². The largest absolute Gasteiger partial charge is 1.00 e. The monoisotopic (exact) mass is 66.0 g/mol. The summed E-state index contributed by atoms with van der Waals surface area (Å²) in [7, 11) is 0. The molecule has 0 fully saturated rings. The molecule has 25 valence electrons. The average Bonchev–Trinajstić information content (AvgIpc) is 1.76. The number of hydrogen-bond acceptors (Lipinski definition) is 0. The van der Waals surface area contributed by atoms with Gasteiger partial charge in [-0.2, -0.15) is 0 Å². The molecule has 0 atom stereocenters. The van der Waals surface area contributed by atoms with Gasteiger partial charge in [0.05, 0.1) is 0 Å². The Bertz CT molecular complexity index is 62.0. The van der Waals surface area contributed by atoms with Crippen LogP contribution in [0.2, 0.25) is 0 Å². The lowest BCUT2D eigenvalue weighted by Crippen LogP contribution is -1.39. The summed E-state index contributed by atoms with van der Waals surface area (Å²) in [4.78, 5) is 0. The molecule has 0 unspecified atom stereocenters. The molecule has 0 nitrogen and oxygen atoms in total. The van der Waals surface area contributed by atoms with Crippen molar-refractivity contribution in [1.82, 2.24) is 0 Å². The van der Waals surface area contributed by atoms with E-state index in [0.29, 0.717) is 0 Å². The zero-order chi connectivity index (χ0) is 3.54. The van der Waals surface area contributed by atoms with Gasteiger partial charge in [-0.15, -0.1) is 0 Å². The van der Waals surface area contributed by atoms with Crippen LogP contribution in [0.4, 0.5) is 0 Å². The number of allylic oxidation sites excluding steroid dienone is 4. The van der Waals surface area contributed by atoms with Crippen molar-refractivity contribution in [3.63, 3.8) is 0 Å². The van der Waals surface area contributed by atoms with E-state index in [0.717, 1.165) is 0 Å². The second-order valence-electron chi connectivity index (χ2n) is 0.962. The minimum Gasteiger partial charge on any atom is -0.0767 e. The first kappa shape index (κ1) is 2.70. The fourth-order valence-corrected chi connectivity index (χ4v) is 0.321. The molecule has 0 saturated carbocycles. The van der Waals surface area contributed by atoms with Crippen LogP contribution in [0.25, 0.3) is 0 Å². The van der Waals surface area contributed by atoms with Crippen molar-refractivity contribution in [2.75, 3.05) is 0 Å². The highest BCUT2D eigenvalue weighted by atomic mass is 13.8. The van der Waals surface area contributed by atoms with E-state index in [1.165, 1.54) is 0 Å². The summed E-state index contributed by atoms with van der Waals surface area (Å²) in [6.07, 6.45) is 10.0. The first-order valence-electron chi connectivity index (χ1n) is 1.67. The van der Waals surface area contributed by atoms with Crippen molar-refractivity contribution in [3.8, 4) is 0 Å². The summed E-state index contributed by atoms with van der Waals surface area (Å²) in [6.45, 7) is 0. The van der Waals surface area contributed by atoms with E-state index >= 15 is 0 Å². The van der Waals surface area contributed by atoms with Gasteiger partial charge in [-0.25, -0.2) is 0 Å². The van der Waals surface area contributed by atoms with Crippen LogP contribution in [-0.4, -0.2) is 0 Å². The van der Waals surface area contributed by atoms with E-state index in [9.17, 15) is 0 Å². The van der Waals surface area contributed by atoms with Gasteiger partial charge in [0, 0.05) is 6.42 Å². The molecule has 0 spiro atoms. The molecule has 0 bridgehead atoms. The molecule has 0 heterocycles. The summed E-state index contributed by atoms with van der Waals surface area (Å²) in [5.41, 5.74) is 0. The third kappa shape index (κ3) is 0.380. The van der Waals surface area contributed by atoms with Gasteiger partial charge in [0.1, 0.15) is 0 Å². The van der Waals surface area contributed by atoms with Crippen LogP contribution in [-0.2, 0) is 0 Å². The van der Waals surface area contributed by atoms with Crippen molar-refractivity contribution in [2.45, 2.75) is 0 Å². The van der Waals surface area contributed by atoms with Crippen molar-refractivity contribution in [3.05, 3.63) is 30.7 Å². The Morgan fingerprint density at radius 1 is 0.800 bits per heavy atom. The molecule has 5 heavy (non-hydrogen) atoms. The predicted molar refractivity (Wildman–Crippen MR) is 23.7 cm³/mol. The second kappa shape index (κ2) is 1.07. The van der Waals surface area contributed by atoms with E-state index in [-0.39, 0.29) is 1.43 Å². The Morgan fingerprint density at radius 2 is 1.40 bits per heavy atom. The maximum Gasteiger partial charge on any atom is 1.00 e. The molecular weight excluding hydrogens is 60.1 g/mol. The highest BCUT2D eigenvalue weighted by Crippen LogP contribution is 1.91. The smallest absolute Gasteiger partial charge is 0.0767 e. The number of rotatable bonds is 0. The fourth-order valence-electron chi connectivity index (χ4n) is 0.321. The van der Waals surface area contributed by atoms with Gasteiger partial charge in [-0.1, -0.05) is 24.3 Å². The number of hydrogen-bond donors (Lipinski definition) is 0. The van der Waals surface area contributed by atoms with Crippen LogP contribution < -0.4 is 0 Å². The summed E-state index contributed by atoms with van der Waals surface area (Å²) in [5.74, 6) is 0. The molecule has 1 aliphatic rings. The van der Waals surface area contributed by atoms with Gasteiger partial charge >= 0.3 is 1.43 Å². The molecule has 0 saturated heterocycles. The van der Waals surface area contributed by atoms with Crippen LogP contribution in [0, 0.1) is 6.42 Å². The van der Waals surface area contributed by atoms with E-state index < -0.39 is 0 Å². The third-order valence-electron chi connectivity index (χ3n) is 0.556. The molecule has 0 amide bonds.